The van der Waals surface area contributed by atoms with Gasteiger partial charge in [0.15, 0.2) is 0 Å². The van der Waals surface area contributed by atoms with Gasteiger partial charge in [0, 0.05) is 22.4 Å². The molecule has 118 valence electrons. The summed E-state index contributed by atoms with van der Waals surface area (Å²) in [7, 11) is 0. The molecule has 0 unspecified atom stereocenters. The van der Waals surface area contributed by atoms with Gasteiger partial charge in [-0.2, -0.15) is 0 Å². The quantitative estimate of drug-likeness (QED) is 0.391. The number of rotatable bonds is 4. The number of hydrogen-bond donors (Lipinski definition) is 2. The standard InChI is InChI=1S/C14H11NO2.C4H6O2/c15-12-9-5-4-8-11(12)14(17)13(16)10-6-2-1-3-7-10;1-3(2)4(5)6/h1-9H,15H2;1H2,2H3,(H,5,6). The summed E-state index contributed by atoms with van der Waals surface area (Å²) in [6, 6.07) is 15.0. The highest BCUT2D eigenvalue weighted by Crippen LogP contribution is 2.14. The minimum absolute atomic E-state index is 0.176. The van der Waals surface area contributed by atoms with Crippen LogP contribution in [-0.4, -0.2) is 22.6 Å². The zero-order valence-electron chi connectivity index (χ0n) is 12.7. The van der Waals surface area contributed by atoms with Gasteiger partial charge in [-0.3, -0.25) is 9.59 Å². The number of anilines is 1. The lowest BCUT2D eigenvalue weighted by Gasteiger charge is -2.03. The summed E-state index contributed by atoms with van der Waals surface area (Å²) >= 11 is 0. The first-order chi connectivity index (χ1) is 10.8. The number of para-hydroxylation sites is 1. The molecule has 0 bridgehead atoms. The Morgan fingerprint density at radius 2 is 1.39 bits per heavy atom. The van der Waals surface area contributed by atoms with Crippen molar-refractivity contribution in [3.05, 3.63) is 77.9 Å². The maximum Gasteiger partial charge on any atom is 0.330 e. The molecule has 0 radical (unpaired) electrons. The van der Waals surface area contributed by atoms with Gasteiger partial charge in [0.2, 0.25) is 11.6 Å². The number of carbonyl (C=O) groups is 3. The molecule has 0 heterocycles. The first-order valence-electron chi connectivity index (χ1n) is 6.72. The molecule has 0 aliphatic carbocycles. The van der Waals surface area contributed by atoms with E-state index in [2.05, 4.69) is 6.58 Å². The van der Waals surface area contributed by atoms with Crippen molar-refractivity contribution in [2.75, 3.05) is 5.73 Å². The summed E-state index contributed by atoms with van der Waals surface area (Å²) in [4.78, 5) is 33.4. The number of carbonyl (C=O) groups excluding carboxylic acids is 2. The largest absolute Gasteiger partial charge is 0.478 e. The van der Waals surface area contributed by atoms with Crippen LogP contribution in [0.5, 0.6) is 0 Å². The monoisotopic (exact) mass is 311 g/mol. The first kappa shape index (κ1) is 17.8. The van der Waals surface area contributed by atoms with Crippen molar-refractivity contribution in [1.82, 2.24) is 0 Å². The molecule has 2 rings (SSSR count). The van der Waals surface area contributed by atoms with Gasteiger partial charge in [-0.15, -0.1) is 0 Å². The van der Waals surface area contributed by atoms with E-state index < -0.39 is 17.5 Å². The molecule has 0 fully saturated rings. The van der Waals surface area contributed by atoms with Crippen LogP contribution in [0, 0.1) is 0 Å². The van der Waals surface area contributed by atoms with E-state index in [0.29, 0.717) is 11.3 Å². The molecule has 23 heavy (non-hydrogen) atoms. The van der Waals surface area contributed by atoms with E-state index in [9.17, 15) is 14.4 Å². The zero-order chi connectivity index (χ0) is 17.4. The van der Waals surface area contributed by atoms with Crippen LogP contribution in [0.25, 0.3) is 0 Å². The van der Waals surface area contributed by atoms with Gasteiger partial charge in [-0.25, -0.2) is 4.79 Å². The normalized spacial score (nSPS) is 9.26. The summed E-state index contributed by atoms with van der Waals surface area (Å²) in [5, 5.41) is 7.89. The van der Waals surface area contributed by atoms with Crippen molar-refractivity contribution in [2.24, 2.45) is 0 Å². The number of carboxylic acids is 1. The second-order valence-corrected chi connectivity index (χ2v) is 4.70. The van der Waals surface area contributed by atoms with Crippen LogP contribution in [0.1, 0.15) is 27.6 Å². The summed E-state index contributed by atoms with van der Waals surface area (Å²) in [5.41, 5.74) is 6.79. The first-order valence-corrected chi connectivity index (χ1v) is 6.72. The summed E-state index contributed by atoms with van der Waals surface area (Å²) in [6.07, 6.45) is 0. The Bertz CT molecular complexity index is 724. The van der Waals surface area contributed by atoms with Crippen LogP contribution < -0.4 is 5.73 Å². The number of nitrogen functional groups attached to an aromatic ring is 1. The Morgan fingerprint density at radius 3 is 1.87 bits per heavy atom. The van der Waals surface area contributed by atoms with Crippen molar-refractivity contribution < 1.29 is 19.5 Å². The number of Topliss-reactive ketones (excluding diaryl/α,β-unsaturated/α-hetero) is 2. The van der Waals surface area contributed by atoms with E-state index in [0.717, 1.165) is 0 Å². The molecule has 5 nitrogen and oxygen atoms in total. The van der Waals surface area contributed by atoms with Crippen LogP contribution >= 0.6 is 0 Å². The second-order valence-electron chi connectivity index (χ2n) is 4.70. The smallest absolute Gasteiger partial charge is 0.330 e. The Morgan fingerprint density at radius 1 is 0.913 bits per heavy atom. The zero-order valence-corrected chi connectivity index (χ0v) is 12.7. The van der Waals surface area contributed by atoms with Crippen molar-refractivity contribution in [3.8, 4) is 0 Å². The average molecular weight is 311 g/mol. The molecule has 0 amide bonds. The molecule has 2 aromatic carbocycles. The SMILES string of the molecule is C=C(C)C(=O)O.Nc1ccccc1C(=O)C(=O)c1ccccc1. The van der Waals surface area contributed by atoms with Crippen LogP contribution in [0.4, 0.5) is 5.69 Å². The number of carboxylic acid groups (broad SMARTS) is 1. The Labute approximate surface area is 134 Å². The molecule has 0 spiro atoms. The van der Waals surface area contributed by atoms with Gasteiger partial charge in [-0.1, -0.05) is 49.0 Å². The third-order valence-electron chi connectivity index (χ3n) is 2.81. The molecule has 0 aromatic heterocycles. The number of nitrogens with two attached hydrogens (primary N) is 1. The number of benzene rings is 2. The lowest BCUT2D eigenvalue weighted by molar-refractivity contribution is -0.132. The third kappa shape index (κ3) is 5.24. The fourth-order valence-electron chi connectivity index (χ4n) is 1.55. The molecule has 2 aromatic rings. The second kappa shape index (κ2) is 8.29. The highest BCUT2D eigenvalue weighted by molar-refractivity contribution is 6.50. The number of hydrogen-bond acceptors (Lipinski definition) is 4. The van der Waals surface area contributed by atoms with Crippen LogP contribution in [0.3, 0.4) is 0 Å². The van der Waals surface area contributed by atoms with E-state index in [4.69, 9.17) is 10.8 Å². The molecule has 5 heteroatoms. The molecular formula is C18H17NO4. The van der Waals surface area contributed by atoms with Crippen molar-refractivity contribution in [1.29, 1.82) is 0 Å². The minimum atomic E-state index is -0.935. The van der Waals surface area contributed by atoms with Crippen LogP contribution in [-0.2, 0) is 4.79 Å². The lowest BCUT2D eigenvalue weighted by Crippen LogP contribution is -2.15. The van der Waals surface area contributed by atoms with E-state index in [1.807, 2.05) is 0 Å². The Balaban J connectivity index is 0.000000379. The van der Waals surface area contributed by atoms with Gasteiger partial charge in [0.1, 0.15) is 0 Å². The Hall–Kier alpha value is -3.21. The highest BCUT2D eigenvalue weighted by Gasteiger charge is 2.19. The number of ketones is 2. The van der Waals surface area contributed by atoms with Crippen molar-refractivity contribution >= 4 is 23.2 Å². The molecule has 0 atom stereocenters. The van der Waals surface area contributed by atoms with Crippen molar-refractivity contribution in [3.63, 3.8) is 0 Å². The van der Waals surface area contributed by atoms with Crippen LogP contribution in [0.15, 0.2) is 66.7 Å². The van der Waals surface area contributed by atoms with Crippen molar-refractivity contribution in [2.45, 2.75) is 6.92 Å². The predicted octanol–water partition coefficient (Wildman–Crippen LogP) is 2.98. The average Bonchev–Trinajstić information content (AvgIpc) is 2.55. The maximum absolute atomic E-state index is 11.9. The molecule has 0 saturated carbocycles. The van der Waals surface area contributed by atoms with E-state index in [1.54, 1.807) is 54.6 Å². The topological polar surface area (TPSA) is 97.5 Å². The van der Waals surface area contributed by atoms with Gasteiger partial charge in [0.25, 0.3) is 0 Å². The summed E-state index contributed by atoms with van der Waals surface area (Å²) in [5.74, 6) is -2.05. The summed E-state index contributed by atoms with van der Waals surface area (Å²) in [6.45, 7) is 4.60. The number of aliphatic carboxylic acids is 1. The van der Waals surface area contributed by atoms with Crippen LogP contribution in [0.2, 0.25) is 0 Å². The molecule has 0 aliphatic heterocycles. The van der Waals surface area contributed by atoms with Gasteiger partial charge in [-0.05, 0) is 19.1 Å². The molecule has 3 N–H and O–H groups in total. The molecule has 0 aliphatic rings. The predicted molar refractivity (Wildman–Crippen MR) is 88.4 cm³/mol. The molecular weight excluding hydrogens is 294 g/mol. The van der Waals surface area contributed by atoms with Gasteiger partial charge in [0.05, 0.1) is 0 Å². The van der Waals surface area contributed by atoms with E-state index in [1.165, 1.54) is 6.92 Å². The maximum atomic E-state index is 11.9. The van der Waals surface area contributed by atoms with Gasteiger partial charge < -0.3 is 10.8 Å². The van der Waals surface area contributed by atoms with E-state index in [-0.39, 0.29) is 11.1 Å². The highest BCUT2D eigenvalue weighted by atomic mass is 16.4. The fraction of sp³-hybridized carbons (Fsp3) is 0.0556. The Kier molecular flexibility index (Phi) is 6.43. The fourth-order valence-corrected chi connectivity index (χ4v) is 1.55. The van der Waals surface area contributed by atoms with Gasteiger partial charge >= 0.3 is 5.97 Å². The minimum Gasteiger partial charge on any atom is -0.478 e. The third-order valence-corrected chi connectivity index (χ3v) is 2.81. The summed E-state index contributed by atoms with van der Waals surface area (Å²) < 4.78 is 0. The lowest BCUT2D eigenvalue weighted by atomic mass is 10.0. The molecule has 0 saturated heterocycles. The van der Waals surface area contributed by atoms with E-state index >= 15 is 0 Å².